The zero-order valence-corrected chi connectivity index (χ0v) is 9.37. The maximum Gasteiger partial charge on any atom is 0.316 e. The van der Waals surface area contributed by atoms with Crippen molar-refractivity contribution in [3.63, 3.8) is 0 Å². The van der Waals surface area contributed by atoms with Gasteiger partial charge in [0.05, 0.1) is 11.4 Å². The summed E-state index contributed by atoms with van der Waals surface area (Å²) in [4.78, 5) is 12.9. The molecule has 0 spiro atoms. The van der Waals surface area contributed by atoms with Gasteiger partial charge >= 0.3 is 6.03 Å². The summed E-state index contributed by atoms with van der Waals surface area (Å²) in [5.74, 6) is 0. The molecule has 82 valence electrons. The number of hydrogen-bond donors (Lipinski definition) is 2. The van der Waals surface area contributed by atoms with Crippen LogP contribution in [-0.2, 0) is 0 Å². The first kappa shape index (κ1) is 11.4. The molecule has 4 heteroatoms. The van der Waals surface area contributed by atoms with E-state index in [0.717, 1.165) is 23.5 Å². The Bertz CT molecular complexity index is 363. The predicted molar refractivity (Wildman–Crippen MR) is 63.3 cm³/mol. The number of nitrogens with one attached hydrogen (secondary N) is 1. The van der Waals surface area contributed by atoms with Gasteiger partial charge in [0.2, 0.25) is 0 Å². The molecule has 0 aliphatic heterocycles. The lowest BCUT2D eigenvalue weighted by Gasteiger charge is -2.21. The number of nitrogens with zero attached hydrogens (tertiary/aromatic N) is 1. The van der Waals surface area contributed by atoms with Gasteiger partial charge < -0.3 is 16.0 Å². The number of primary amides is 1. The largest absolute Gasteiger partial charge is 0.373 e. The van der Waals surface area contributed by atoms with Gasteiger partial charge in [0.15, 0.2) is 0 Å². The fraction of sp³-hybridized carbons (Fsp3) is 0.364. The molecule has 1 aromatic rings. The molecule has 4 nitrogen and oxygen atoms in total. The molecule has 2 amide bonds. The number of amides is 2. The highest BCUT2D eigenvalue weighted by atomic mass is 16.2. The van der Waals surface area contributed by atoms with Crippen LogP contribution in [0.15, 0.2) is 18.2 Å². The Balaban J connectivity index is 3.08. The maximum absolute atomic E-state index is 10.8. The third-order valence-electron chi connectivity index (χ3n) is 2.30. The van der Waals surface area contributed by atoms with Gasteiger partial charge in [0.25, 0.3) is 0 Å². The summed E-state index contributed by atoms with van der Waals surface area (Å²) >= 11 is 0. The highest BCUT2D eigenvalue weighted by Gasteiger charge is 2.07. The zero-order chi connectivity index (χ0) is 11.4. The van der Waals surface area contributed by atoms with E-state index in [-0.39, 0.29) is 0 Å². The van der Waals surface area contributed by atoms with Gasteiger partial charge in [0, 0.05) is 13.6 Å². The van der Waals surface area contributed by atoms with Crippen molar-refractivity contribution in [2.45, 2.75) is 13.8 Å². The average molecular weight is 207 g/mol. The third-order valence-corrected chi connectivity index (χ3v) is 2.30. The molecule has 0 aliphatic rings. The van der Waals surface area contributed by atoms with Gasteiger partial charge in [-0.05, 0) is 31.5 Å². The number of benzene rings is 1. The van der Waals surface area contributed by atoms with E-state index in [2.05, 4.69) is 17.1 Å². The monoisotopic (exact) mass is 207 g/mol. The standard InChI is InChI=1S/C11H17N3O/c1-4-14(3)10-7-8(2)5-6-9(10)13-11(12)15/h5-7H,4H2,1-3H3,(H3,12,13,15). The number of rotatable bonds is 3. The first-order valence-electron chi connectivity index (χ1n) is 4.92. The number of aryl methyl sites for hydroxylation is 1. The second-order valence-corrected chi connectivity index (χ2v) is 3.52. The van der Waals surface area contributed by atoms with Crippen molar-refractivity contribution >= 4 is 17.4 Å². The molecule has 0 atom stereocenters. The third kappa shape index (κ3) is 2.87. The van der Waals surface area contributed by atoms with Gasteiger partial charge in [-0.1, -0.05) is 6.07 Å². The molecule has 0 bridgehead atoms. The van der Waals surface area contributed by atoms with Crippen LogP contribution in [0.5, 0.6) is 0 Å². The molecule has 0 aromatic heterocycles. The molecular formula is C11H17N3O. The van der Waals surface area contributed by atoms with Gasteiger partial charge in [-0.3, -0.25) is 0 Å². The van der Waals surface area contributed by atoms with Crippen molar-refractivity contribution in [2.75, 3.05) is 23.8 Å². The second-order valence-electron chi connectivity index (χ2n) is 3.52. The maximum atomic E-state index is 10.8. The Hall–Kier alpha value is -1.71. The summed E-state index contributed by atoms with van der Waals surface area (Å²) in [6.07, 6.45) is 0. The van der Waals surface area contributed by atoms with E-state index in [9.17, 15) is 4.79 Å². The Morgan fingerprint density at radius 3 is 2.73 bits per heavy atom. The van der Waals surface area contributed by atoms with Crippen LogP contribution in [0.2, 0.25) is 0 Å². The van der Waals surface area contributed by atoms with Crippen LogP contribution in [0.25, 0.3) is 0 Å². The highest BCUT2D eigenvalue weighted by Crippen LogP contribution is 2.25. The van der Waals surface area contributed by atoms with Crippen LogP contribution in [0, 0.1) is 6.92 Å². The molecule has 15 heavy (non-hydrogen) atoms. The average Bonchev–Trinajstić information content (AvgIpc) is 2.19. The van der Waals surface area contributed by atoms with Crippen molar-refractivity contribution in [3.05, 3.63) is 23.8 Å². The Morgan fingerprint density at radius 2 is 2.20 bits per heavy atom. The molecule has 1 rings (SSSR count). The Kier molecular flexibility index (Phi) is 3.55. The van der Waals surface area contributed by atoms with Gasteiger partial charge in [-0.15, -0.1) is 0 Å². The summed E-state index contributed by atoms with van der Waals surface area (Å²) in [7, 11) is 1.97. The minimum Gasteiger partial charge on any atom is -0.373 e. The van der Waals surface area contributed by atoms with E-state index in [1.54, 1.807) is 0 Å². The van der Waals surface area contributed by atoms with Crippen LogP contribution in [-0.4, -0.2) is 19.6 Å². The summed E-state index contributed by atoms with van der Waals surface area (Å²) in [6.45, 7) is 4.94. The van der Waals surface area contributed by atoms with Crippen LogP contribution in [0.1, 0.15) is 12.5 Å². The topological polar surface area (TPSA) is 58.4 Å². The molecule has 1 aromatic carbocycles. The lowest BCUT2D eigenvalue weighted by Crippen LogP contribution is -2.23. The van der Waals surface area contributed by atoms with Gasteiger partial charge in [-0.25, -0.2) is 4.79 Å². The number of nitrogens with two attached hydrogens (primary N) is 1. The number of carbonyl (C=O) groups excluding carboxylic acids is 1. The summed E-state index contributed by atoms with van der Waals surface area (Å²) in [5.41, 5.74) is 7.99. The van der Waals surface area contributed by atoms with E-state index in [4.69, 9.17) is 5.73 Å². The quantitative estimate of drug-likeness (QED) is 0.795. The first-order chi connectivity index (χ1) is 7.04. The smallest absolute Gasteiger partial charge is 0.316 e. The van der Waals surface area contributed by atoms with E-state index in [1.165, 1.54) is 0 Å². The molecule has 0 unspecified atom stereocenters. The normalized spacial score (nSPS) is 9.80. The summed E-state index contributed by atoms with van der Waals surface area (Å²) in [6, 6.07) is 5.29. The molecule has 0 fully saturated rings. The van der Waals surface area contributed by atoms with E-state index in [1.807, 2.05) is 32.2 Å². The van der Waals surface area contributed by atoms with Crippen molar-refractivity contribution in [1.29, 1.82) is 0 Å². The summed E-state index contributed by atoms with van der Waals surface area (Å²) in [5, 5.41) is 2.61. The van der Waals surface area contributed by atoms with Crippen LogP contribution in [0.4, 0.5) is 16.2 Å². The lowest BCUT2D eigenvalue weighted by atomic mass is 10.1. The zero-order valence-electron chi connectivity index (χ0n) is 9.37. The molecular weight excluding hydrogens is 190 g/mol. The van der Waals surface area contributed by atoms with E-state index in [0.29, 0.717) is 0 Å². The van der Waals surface area contributed by atoms with Gasteiger partial charge in [0.1, 0.15) is 0 Å². The minimum atomic E-state index is -0.537. The Labute approximate surface area is 90.1 Å². The predicted octanol–water partition coefficient (Wildman–Crippen LogP) is 1.94. The van der Waals surface area contributed by atoms with Crippen molar-refractivity contribution in [2.24, 2.45) is 5.73 Å². The van der Waals surface area contributed by atoms with Crippen molar-refractivity contribution in [3.8, 4) is 0 Å². The fourth-order valence-corrected chi connectivity index (χ4v) is 1.37. The van der Waals surface area contributed by atoms with Crippen LogP contribution in [0.3, 0.4) is 0 Å². The molecule has 0 saturated heterocycles. The van der Waals surface area contributed by atoms with Crippen LogP contribution >= 0.6 is 0 Å². The Morgan fingerprint density at radius 1 is 1.53 bits per heavy atom. The number of urea groups is 1. The first-order valence-corrected chi connectivity index (χ1v) is 4.92. The fourth-order valence-electron chi connectivity index (χ4n) is 1.37. The van der Waals surface area contributed by atoms with E-state index >= 15 is 0 Å². The number of anilines is 2. The van der Waals surface area contributed by atoms with Crippen molar-refractivity contribution in [1.82, 2.24) is 0 Å². The van der Waals surface area contributed by atoms with Crippen molar-refractivity contribution < 1.29 is 4.79 Å². The molecule has 3 N–H and O–H groups in total. The van der Waals surface area contributed by atoms with Gasteiger partial charge in [-0.2, -0.15) is 0 Å². The SMILES string of the molecule is CCN(C)c1cc(C)ccc1NC(N)=O. The minimum absolute atomic E-state index is 0.537. The van der Waals surface area contributed by atoms with Crippen LogP contribution < -0.4 is 16.0 Å². The summed E-state index contributed by atoms with van der Waals surface area (Å²) < 4.78 is 0. The number of hydrogen-bond acceptors (Lipinski definition) is 2. The number of carbonyl (C=O) groups is 1. The molecule has 0 radical (unpaired) electrons. The lowest BCUT2D eigenvalue weighted by molar-refractivity contribution is 0.259. The molecule has 0 aliphatic carbocycles. The second kappa shape index (κ2) is 4.68. The molecule has 0 saturated carbocycles. The molecule has 0 heterocycles. The van der Waals surface area contributed by atoms with E-state index < -0.39 is 6.03 Å². The highest BCUT2D eigenvalue weighted by molar-refractivity contribution is 5.92.